The largest absolute Gasteiger partial charge is 0.378 e. The van der Waals surface area contributed by atoms with Crippen molar-refractivity contribution in [2.24, 2.45) is 0 Å². The van der Waals surface area contributed by atoms with Crippen LogP contribution in [0, 0.1) is 0 Å². The minimum absolute atomic E-state index is 0.0124. The second-order valence-electron chi connectivity index (χ2n) is 3.80. The highest BCUT2D eigenvalue weighted by molar-refractivity contribution is 5.97. The predicted molar refractivity (Wildman–Crippen MR) is 67.2 cm³/mol. The molecule has 0 spiro atoms. The molecule has 0 aromatic heterocycles. The fraction of sp³-hybridized carbons (Fsp3) is 0.333. The highest BCUT2D eigenvalue weighted by atomic mass is 16.2. The van der Waals surface area contributed by atoms with Gasteiger partial charge in [-0.25, -0.2) is 0 Å². The number of nitrogens with zero attached hydrogens (tertiary/aromatic N) is 1. The summed E-state index contributed by atoms with van der Waals surface area (Å²) in [5, 5.41) is 4.99. The zero-order valence-corrected chi connectivity index (χ0v) is 10.3. The first kappa shape index (κ1) is 13.0. The first-order valence-corrected chi connectivity index (χ1v) is 5.30. The minimum atomic E-state index is -0.252. The molecule has 0 saturated carbocycles. The van der Waals surface area contributed by atoms with Gasteiger partial charge in [0.2, 0.25) is 5.91 Å². The molecule has 2 amide bonds. The minimum Gasteiger partial charge on any atom is -0.378 e. The number of anilines is 1. The summed E-state index contributed by atoms with van der Waals surface area (Å²) in [6.07, 6.45) is 0. The van der Waals surface area contributed by atoms with Gasteiger partial charge < -0.3 is 15.5 Å². The van der Waals surface area contributed by atoms with Crippen molar-refractivity contribution >= 4 is 17.5 Å². The lowest BCUT2D eigenvalue weighted by Crippen LogP contribution is -2.35. The van der Waals surface area contributed by atoms with E-state index in [4.69, 9.17) is 0 Å². The van der Waals surface area contributed by atoms with E-state index in [2.05, 4.69) is 10.6 Å². The van der Waals surface area contributed by atoms with E-state index in [9.17, 15) is 9.59 Å². The molecule has 1 aromatic carbocycles. The summed E-state index contributed by atoms with van der Waals surface area (Å²) in [5.74, 6) is -0.473. The second-order valence-corrected chi connectivity index (χ2v) is 3.80. The lowest BCUT2D eigenvalue weighted by Gasteiger charge is -2.13. The van der Waals surface area contributed by atoms with Gasteiger partial charge in [0, 0.05) is 32.4 Å². The lowest BCUT2D eigenvalue weighted by atomic mass is 10.2. The molecule has 1 rings (SSSR count). The summed E-state index contributed by atoms with van der Waals surface area (Å²) in [6, 6.07) is 7.21. The number of carbonyl (C=O) groups excluding carboxylic acids is 2. The quantitative estimate of drug-likeness (QED) is 0.785. The number of amides is 2. The average molecular weight is 235 g/mol. The van der Waals surface area contributed by atoms with E-state index in [1.165, 1.54) is 7.05 Å². The van der Waals surface area contributed by atoms with Crippen LogP contribution in [0.2, 0.25) is 0 Å². The molecule has 92 valence electrons. The van der Waals surface area contributed by atoms with Gasteiger partial charge in [0.1, 0.15) is 0 Å². The Labute approximate surface area is 101 Å². The average Bonchev–Trinajstić information content (AvgIpc) is 2.35. The summed E-state index contributed by atoms with van der Waals surface area (Å²) >= 11 is 0. The van der Waals surface area contributed by atoms with Crippen molar-refractivity contribution in [3.8, 4) is 0 Å². The standard InChI is InChI=1S/C12H17N3O2/c1-13-11(16)8-14-12(17)9-5-4-6-10(7-9)15(2)3/h4-7H,8H2,1-3H3,(H,13,16)(H,14,17). The molecule has 1 aromatic rings. The zero-order valence-electron chi connectivity index (χ0n) is 10.3. The Bertz CT molecular complexity index is 416. The number of likely N-dealkylation sites (N-methyl/N-ethyl adjacent to an activating group) is 1. The van der Waals surface area contributed by atoms with E-state index in [1.807, 2.05) is 31.1 Å². The predicted octanol–water partition coefficient (Wildman–Crippen LogP) is 0.228. The molecule has 0 radical (unpaired) electrons. The summed E-state index contributed by atoms with van der Waals surface area (Å²) in [7, 11) is 5.34. The van der Waals surface area contributed by atoms with Crippen molar-refractivity contribution in [3.05, 3.63) is 29.8 Å². The zero-order chi connectivity index (χ0) is 12.8. The molecule has 0 aliphatic rings. The van der Waals surface area contributed by atoms with Crippen molar-refractivity contribution in [2.75, 3.05) is 32.6 Å². The molecule has 0 atom stereocenters. The van der Waals surface area contributed by atoms with Gasteiger partial charge >= 0.3 is 0 Å². The molecule has 0 heterocycles. The maximum atomic E-state index is 11.7. The van der Waals surface area contributed by atoms with Gasteiger partial charge in [0.25, 0.3) is 5.91 Å². The van der Waals surface area contributed by atoms with Crippen LogP contribution in [0.3, 0.4) is 0 Å². The molecule has 0 saturated heterocycles. The Balaban J connectivity index is 2.69. The molecule has 0 unspecified atom stereocenters. The van der Waals surface area contributed by atoms with Gasteiger partial charge in [-0.3, -0.25) is 9.59 Å². The van der Waals surface area contributed by atoms with Gasteiger partial charge in [-0.2, -0.15) is 0 Å². The molecule has 0 bridgehead atoms. The summed E-state index contributed by atoms with van der Waals surface area (Å²) in [5.41, 5.74) is 1.48. The van der Waals surface area contributed by atoms with Crippen molar-refractivity contribution in [3.63, 3.8) is 0 Å². The van der Waals surface area contributed by atoms with E-state index in [0.29, 0.717) is 5.56 Å². The van der Waals surface area contributed by atoms with E-state index in [1.54, 1.807) is 12.1 Å². The van der Waals surface area contributed by atoms with Crippen molar-refractivity contribution < 1.29 is 9.59 Å². The Morgan fingerprint density at radius 1 is 1.29 bits per heavy atom. The molecule has 0 aliphatic carbocycles. The third-order valence-electron chi connectivity index (χ3n) is 2.31. The van der Waals surface area contributed by atoms with Crippen LogP contribution in [0.15, 0.2) is 24.3 Å². The first-order chi connectivity index (χ1) is 8.04. The summed E-state index contributed by atoms with van der Waals surface area (Å²) in [6.45, 7) is -0.0124. The Hall–Kier alpha value is -2.04. The molecular weight excluding hydrogens is 218 g/mol. The van der Waals surface area contributed by atoms with Gasteiger partial charge in [-0.05, 0) is 18.2 Å². The normalized spacial score (nSPS) is 9.59. The van der Waals surface area contributed by atoms with Crippen LogP contribution in [0.1, 0.15) is 10.4 Å². The fourth-order valence-corrected chi connectivity index (χ4v) is 1.28. The van der Waals surface area contributed by atoms with Crippen molar-refractivity contribution in [1.29, 1.82) is 0 Å². The van der Waals surface area contributed by atoms with Crippen LogP contribution in [-0.4, -0.2) is 39.5 Å². The fourth-order valence-electron chi connectivity index (χ4n) is 1.28. The molecular formula is C12H17N3O2. The van der Waals surface area contributed by atoms with Gasteiger partial charge in [-0.1, -0.05) is 6.07 Å². The van der Waals surface area contributed by atoms with Crippen molar-refractivity contribution in [2.45, 2.75) is 0 Å². The number of nitrogens with one attached hydrogen (secondary N) is 2. The number of rotatable bonds is 4. The lowest BCUT2D eigenvalue weighted by molar-refractivity contribution is -0.119. The maximum absolute atomic E-state index is 11.7. The molecule has 5 heteroatoms. The maximum Gasteiger partial charge on any atom is 0.251 e. The first-order valence-electron chi connectivity index (χ1n) is 5.30. The van der Waals surface area contributed by atoms with Crippen LogP contribution < -0.4 is 15.5 Å². The third kappa shape index (κ3) is 3.79. The monoisotopic (exact) mass is 235 g/mol. The summed E-state index contributed by atoms with van der Waals surface area (Å²) < 4.78 is 0. The Kier molecular flexibility index (Phi) is 4.51. The third-order valence-corrected chi connectivity index (χ3v) is 2.31. The Morgan fingerprint density at radius 2 is 2.00 bits per heavy atom. The molecule has 2 N–H and O–H groups in total. The van der Waals surface area contributed by atoms with Crippen LogP contribution in [0.4, 0.5) is 5.69 Å². The molecule has 0 aliphatic heterocycles. The number of hydrogen-bond acceptors (Lipinski definition) is 3. The van der Waals surface area contributed by atoms with E-state index < -0.39 is 0 Å². The van der Waals surface area contributed by atoms with Crippen LogP contribution >= 0.6 is 0 Å². The molecule has 17 heavy (non-hydrogen) atoms. The summed E-state index contributed by atoms with van der Waals surface area (Å²) in [4.78, 5) is 24.6. The second kappa shape index (κ2) is 5.89. The van der Waals surface area contributed by atoms with Crippen LogP contribution in [0.5, 0.6) is 0 Å². The van der Waals surface area contributed by atoms with E-state index >= 15 is 0 Å². The smallest absolute Gasteiger partial charge is 0.251 e. The number of carbonyl (C=O) groups is 2. The van der Waals surface area contributed by atoms with Gasteiger partial charge in [0.05, 0.1) is 6.54 Å². The highest BCUT2D eigenvalue weighted by Crippen LogP contribution is 2.12. The van der Waals surface area contributed by atoms with E-state index in [0.717, 1.165) is 5.69 Å². The van der Waals surface area contributed by atoms with Gasteiger partial charge in [-0.15, -0.1) is 0 Å². The topological polar surface area (TPSA) is 61.4 Å². The van der Waals surface area contributed by atoms with Crippen LogP contribution in [0.25, 0.3) is 0 Å². The molecule has 0 fully saturated rings. The van der Waals surface area contributed by atoms with Crippen molar-refractivity contribution in [1.82, 2.24) is 10.6 Å². The van der Waals surface area contributed by atoms with Gasteiger partial charge in [0.15, 0.2) is 0 Å². The SMILES string of the molecule is CNC(=O)CNC(=O)c1cccc(N(C)C)c1. The molecule has 5 nitrogen and oxygen atoms in total. The van der Waals surface area contributed by atoms with Crippen LogP contribution in [-0.2, 0) is 4.79 Å². The van der Waals surface area contributed by atoms with E-state index in [-0.39, 0.29) is 18.4 Å². The Morgan fingerprint density at radius 3 is 2.59 bits per heavy atom. The number of hydrogen-bond donors (Lipinski definition) is 2. The highest BCUT2D eigenvalue weighted by Gasteiger charge is 2.08. The number of benzene rings is 1.